The lowest BCUT2D eigenvalue weighted by atomic mass is 9.82. The van der Waals surface area contributed by atoms with Crippen LogP contribution in [0.2, 0.25) is 5.02 Å². The van der Waals surface area contributed by atoms with Crippen molar-refractivity contribution in [1.82, 2.24) is 0 Å². The van der Waals surface area contributed by atoms with E-state index in [1.54, 1.807) is 6.07 Å². The standard InChI is InChI=1S/C13H17ClFNS/c1-13(2)5-6-17-8-12(13)16-11-7-9(15)3-4-10(11)14/h3-4,7,12,16H,5-6,8H2,1-2H3. The van der Waals surface area contributed by atoms with Gasteiger partial charge in [0.15, 0.2) is 0 Å². The summed E-state index contributed by atoms with van der Waals surface area (Å²) in [4.78, 5) is 0. The summed E-state index contributed by atoms with van der Waals surface area (Å²) in [5.41, 5.74) is 0.924. The zero-order valence-electron chi connectivity index (χ0n) is 10.1. The van der Waals surface area contributed by atoms with Crippen molar-refractivity contribution < 1.29 is 4.39 Å². The molecule has 1 fully saturated rings. The number of thioether (sulfide) groups is 1. The van der Waals surface area contributed by atoms with E-state index in [1.165, 1.54) is 24.3 Å². The predicted molar refractivity (Wildman–Crippen MR) is 74.5 cm³/mol. The van der Waals surface area contributed by atoms with Crippen molar-refractivity contribution in [2.45, 2.75) is 26.3 Å². The van der Waals surface area contributed by atoms with E-state index in [-0.39, 0.29) is 11.2 Å². The summed E-state index contributed by atoms with van der Waals surface area (Å²) in [6.07, 6.45) is 1.17. The maximum atomic E-state index is 13.2. The Bertz CT molecular complexity index is 408. The van der Waals surface area contributed by atoms with Crippen molar-refractivity contribution in [2.24, 2.45) is 5.41 Å². The zero-order chi connectivity index (χ0) is 12.5. The first-order valence-electron chi connectivity index (χ1n) is 5.78. The Morgan fingerprint density at radius 3 is 2.94 bits per heavy atom. The van der Waals surface area contributed by atoms with Crippen molar-refractivity contribution in [3.8, 4) is 0 Å². The summed E-state index contributed by atoms with van der Waals surface area (Å²) < 4.78 is 13.2. The number of halogens is 2. The zero-order valence-corrected chi connectivity index (χ0v) is 11.7. The lowest BCUT2D eigenvalue weighted by Gasteiger charge is -2.39. The van der Waals surface area contributed by atoms with Crippen molar-refractivity contribution in [3.05, 3.63) is 29.0 Å². The van der Waals surface area contributed by atoms with Crippen molar-refractivity contribution in [3.63, 3.8) is 0 Å². The molecule has 1 atom stereocenters. The fraction of sp³-hybridized carbons (Fsp3) is 0.538. The summed E-state index contributed by atoms with van der Waals surface area (Å²) in [7, 11) is 0. The fourth-order valence-corrected chi connectivity index (χ4v) is 3.75. The van der Waals surface area contributed by atoms with Crippen LogP contribution in [0, 0.1) is 11.2 Å². The highest BCUT2D eigenvalue weighted by Gasteiger charge is 2.32. The van der Waals surface area contributed by atoms with Gasteiger partial charge in [-0.15, -0.1) is 0 Å². The molecule has 94 valence electrons. The van der Waals surface area contributed by atoms with E-state index in [0.29, 0.717) is 16.8 Å². The molecule has 2 rings (SSSR count). The number of nitrogens with one attached hydrogen (secondary N) is 1. The molecule has 1 aromatic carbocycles. The van der Waals surface area contributed by atoms with Gasteiger partial charge in [-0.1, -0.05) is 25.4 Å². The summed E-state index contributed by atoms with van der Waals surface area (Å²) in [5.74, 6) is 1.99. The molecule has 4 heteroatoms. The molecular formula is C13H17ClFNS. The van der Waals surface area contributed by atoms with Gasteiger partial charge in [-0.05, 0) is 35.8 Å². The first kappa shape index (κ1) is 13.0. The average Bonchev–Trinajstić information content (AvgIpc) is 2.26. The van der Waals surface area contributed by atoms with Crippen LogP contribution in [0.4, 0.5) is 10.1 Å². The molecular weight excluding hydrogens is 257 g/mol. The van der Waals surface area contributed by atoms with Gasteiger partial charge in [0.25, 0.3) is 0 Å². The number of hydrogen-bond donors (Lipinski definition) is 1. The second kappa shape index (κ2) is 5.07. The fourth-order valence-electron chi connectivity index (χ4n) is 1.97. The number of rotatable bonds is 2. The molecule has 0 spiro atoms. The van der Waals surface area contributed by atoms with E-state index >= 15 is 0 Å². The highest BCUT2D eigenvalue weighted by Crippen LogP contribution is 2.37. The summed E-state index contributed by atoms with van der Waals surface area (Å²) >= 11 is 8.01. The summed E-state index contributed by atoms with van der Waals surface area (Å²) in [6, 6.07) is 4.79. The van der Waals surface area contributed by atoms with Gasteiger partial charge in [0.2, 0.25) is 0 Å². The Hall–Kier alpha value is -0.410. The summed E-state index contributed by atoms with van der Waals surface area (Å²) in [6.45, 7) is 4.50. The number of hydrogen-bond acceptors (Lipinski definition) is 2. The minimum Gasteiger partial charge on any atom is -0.380 e. The minimum atomic E-state index is -0.252. The van der Waals surface area contributed by atoms with Gasteiger partial charge in [0.05, 0.1) is 10.7 Å². The first-order chi connectivity index (χ1) is 7.99. The predicted octanol–water partition coefficient (Wildman–Crippen LogP) is 4.42. The molecule has 1 unspecified atom stereocenters. The van der Waals surface area contributed by atoms with Gasteiger partial charge < -0.3 is 5.32 Å². The van der Waals surface area contributed by atoms with Gasteiger partial charge in [-0.3, -0.25) is 0 Å². The molecule has 1 nitrogen and oxygen atoms in total. The molecule has 1 N–H and O–H groups in total. The van der Waals surface area contributed by atoms with Crippen LogP contribution in [-0.2, 0) is 0 Å². The van der Waals surface area contributed by atoms with E-state index in [0.717, 1.165) is 5.75 Å². The quantitative estimate of drug-likeness (QED) is 0.856. The van der Waals surface area contributed by atoms with E-state index in [9.17, 15) is 4.39 Å². The molecule has 0 aliphatic carbocycles. The second-order valence-electron chi connectivity index (χ2n) is 5.13. The Labute approximate surface area is 111 Å². The maximum absolute atomic E-state index is 13.2. The Balaban J connectivity index is 2.16. The van der Waals surface area contributed by atoms with Crippen LogP contribution >= 0.6 is 23.4 Å². The first-order valence-corrected chi connectivity index (χ1v) is 7.32. The molecule has 0 saturated carbocycles. The second-order valence-corrected chi connectivity index (χ2v) is 6.69. The van der Waals surface area contributed by atoms with E-state index in [4.69, 9.17) is 11.6 Å². The molecule has 1 aromatic rings. The Kier molecular flexibility index (Phi) is 3.88. The largest absolute Gasteiger partial charge is 0.380 e. The minimum absolute atomic E-state index is 0.223. The third kappa shape index (κ3) is 3.08. The number of benzene rings is 1. The van der Waals surface area contributed by atoms with Crippen LogP contribution in [0.5, 0.6) is 0 Å². The molecule has 17 heavy (non-hydrogen) atoms. The monoisotopic (exact) mass is 273 g/mol. The van der Waals surface area contributed by atoms with Gasteiger partial charge >= 0.3 is 0 Å². The topological polar surface area (TPSA) is 12.0 Å². The van der Waals surface area contributed by atoms with Gasteiger partial charge in [0, 0.05) is 11.8 Å². The number of anilines is 1. The molecule has 0 aromatic heterocycles. The molecule has 0 amide bonds. The normalized spacial score (nSPS) is 23.4. The highest BCUT2D eigenvalue weighted by molar-refractivity contribution is 7.99. The van der Waals surface area contributed by atoms with Crippen molar-refractivity contribution in [2.75, 3.05) is 16.8 Å². The van der Waals surface area contributed by atoms with Crippen molar-refractivity contribution in [1.29, 1.82) is 0 Å². The molecule has 1 aliphatic heterocycles. The van der Waals surface area contributed by atoms with Crippen LogP contribution in [-0.4, -0.2) is 17.5 Å². The SMILES string of the molecule is CC1(C)CCSCC1Nc1cc(F)ccc1Cl. The van der Waals surface area contributed by atoms with Crippen LogP contribution in [0.25, 0.3) is 0 Å². The van der Waals surface area contributed by atoms with Gasteiger partial charge in [0.1, 0.15) is 5.82 Å². The van der Waals surface area contributed by atoms with Crippen LogP contribution in [0.1, 0.15) is 20.3 Å². The lowest BCUT2D eigenvalue weighted by Crippen LogP contribution is -2.41. The Morgan fingerprint density at radius 2 is 2.24 bits per heavy atom. The van der Waals surface area contributed by atoms with Crippen LogP contribution in [0.3, 0.4) is 0 Å². The average molecular weight is 274 g/mol. The van der Waals surface area contributed by atoms with E-state index in [1.807, 2.05) is 11.8 Å². The smallest absolute Gasteiger partial charge is 0.125 e. The van der Waals surface area contributed by atoms with Gasteiger partial charge in [-0.2, -0.15) is 11.8 Å². The Morgan fingerprint density at radius 1 is 1.47 bits per heavy atom. The third-order valence-corrected chi connectivity index (χ3v) is 4.77. The lowest BCUT2D eigenvalue weighted by molar-refractivity contribution is 0.305. The summed E-state index contributed by atoms with van der Waals surface area (Å²) in [5, 5.41) is 3.97. The molecule has 1 saturated heterocycles. The van der Waals surface area contributed by atoms with Crippen molar-refractivity contribution >= 4 is 29.1 Å². The van der Waals surface area contributed by atoms with Crippen LogP contribution < -0.4 is 5.32 Å². The third-order valence-electron chi connectivity index (χ3n) is 3.38. The maximum Gasteiger partial charge on any atom is 0.125 e. The molecule has 0 radical (unpaired) electrons. The van der Waals surface area contributed by atoms with Gasteiger partial charge in [-0.25, -0.2) is 4.39 Å². The van der Waals surface area contributed by atoms with E-state index < -0.39 is 0 Å². The highest BCUT2D eigenvalue weighted by atomic mass is 35.5. The van der Waals surface area contributed by atoms with Crippen LogP contribution in [0.15, 0.2) is 18.2 Å². The molecule has 1 aliphatic rings. The molecule has 1 heterocycles. The molecule has 0 bridgehead atoms. The van der Waals surface area contributed by atoms with E-state index in [2.05, 4.69) is 19.2 Å².